The maximum atomic E-state index is 13.0. The van der Waals surface area contributed by atoms with Gasteiger partial charge in [0.1, 0.15) is 24.0 Å². The highest BCUT2D eigenvalue weighted by atomic mass is 32.1. The molecule has 0 spiro atoms. The summed E-state index contributed by atoms with van der Waals surface area (Å²) in [5.41, 5.74) is 9.88. The number of ether oxygens (including phenoxy) is 2. The fourth-order valence-corrected chi connectivity index (χ4v) is 4.07. The second-order valence-electron chi connectivity index (χ2n) is 7.35. The van der Waals surface area contributed by atoms with Crippen LogP contribution in [0.5, 0.6) is 5.75 Å². The normalized spacial score (nSPS) is 15.0. The van der Waals surface area contributed by atoms with Crippen molar-refractivity contribution in [3.8, 4) is 5.75 Å². The maximum Gasteiger partial charge on any atom is 0.336 e. The summed E-state index contributed by atoms with van der Waals surface area (Å²) in [5.74, 6) is 0.527. The van der Waals surface area contributed by atoms with E-state index in [1.807, 2.05) is 61.5 Å². The van der Waals surface area contributed by atoms with E-state index in [1.54, 1.807) is 6.92 Å². The molecular weight excluding hydrogens is 424 g/mol. The maximum absolute atomic E-state index is 13.0. The van der Waals surface area contributed by atoms with Gasteiger partial charge in [-0.25, -0.2) is 9.78 Å². The molecule has 0 radical (unpaired) electrons. The smallest absolute Gasteiger partial charge is 0.336 e. The Balaban J connectivity index is 1.85. The number of anilines is 2. The van der Waals surface area contributed by atoms with E-state index in [0.717, 1.165) is 11.1 Å². The highest BCUT2D eigenvalue weighted by Crippen LogP contribution is 2.46. The number of aromatic amines is 1. The SMILES string of the molecule is CCOC(=O)C1=C(C)Nc2nc(=S)[nH]c(N)c2C1c1ccccc1OCc1ccccc1. The number of benzene rings is 2. The van der Waals surface area contributed by atoms with E-state index >= 15 is 0 Å². The van der Waals surface area contributed by atoms with Crippen molar-refractivity contribution in [3.63, 3.8) is 0 Å². The molecule has 32 heavy (non-hydrogen) atoms. The minimum absolute atomic E-state index is 0.256. The lowest BCUT2D eigenvalue weighted by Gasteiger charge is -2.31. The molecule has 0 bridgehead atoms. The first kappa shape index (κ1) is 21.6. The average molecular weight is 449 g/mol. The molecule has 8 heteroatoms. The fraction of sp³-hybridized carbons (Fsp3) is 0.208. The Morgan fingerprint density at radius 1 is 1.16 bits per heavy atom. The van der Waals surface area contributed by atoms with Crippen LogP contribution in [0.15, 0.2) is 65.9 Å². The summed E-state index contributed by atoms with van der Waals surface area (Å²) >= 11 is 5.20. The molecule has 2 heterocycles. The van der Waals surface area contributed by atoms with Crippen molar-refractivity contribution in [1.82, 2.24) is 9.97 Å². The second kappa shape index (κ2) is 9.23. The molecule has 4 N–H and O–H groups in total. The van der Waals surface area contributed by atoms with Gasteiger partial charge < -0.3 is 25.5 Å². The van der Waals surface area contributed by atoms with Gasteiger partial charge in [0.15, 0.2) is 4.77 Å². The lowest BCUT2D eigenvalue weighted by atomic mass is 9.81. The molecule has 164 valence electrons. The van der Waals surface area contributed by atoms with Crippen LogP contribution in [0.2, 0.25) is 0 Å². The number of nitrogens with zero attached hydrogens (tertiary/aromatic N) is 1. The standard InChI is InChI=1S/C24H24N4O3S/c1-3-30-23(29)18-14(2)26-22-20(21(25)27-24(32)28-22)19(18)16-11-7-8-12-17(16)31-13-15-9-5-4-6-10-15/h4-12,19H,3,13H2,1-2H3,(H4,25,26,27,28,32). The quantitative estimate of drug-likeness (QED) is 0.371. The highest BCUT2D eigenvalue weighted by molar-refractivity contribution is 7.71. The van der Waals surface area contributed by atoms with Gasteiger partial charge >= 0.3 is 5.97 Å². The molecule has 0 aliphatic carbocycles. The number of carbonyl (C=O) groups is 1. The Labute approximate surface area is 191 Å². The monoisotopic (exact) mass is 448 g/mol. The summed E-state index contributed by atoms with van der Waals surface area (Å²) in [7, 11) is 0. The summed E-state index contributed by atoms with van der Waals surface area (Å²) < 4.78 is 11.8. The molecule has 1 atom stereocenters. The van der Waals surface area contributed by atoms with Gasteiger partial charge in [0.25, 0.3) is 0 Å². The fourth-order valence-electron chi connectivity index (χ4n) is 3.87. The highest BCUT2D eigenvalue weighted by Gasteiger charge is 2.37. The van der Waals surface area contributed by atoms with Gasteiger partial charge in [-0.15, -0.1) is 0 Å². The zero-order chi connectivity index (χ0) is 22.7. The van der Waals surface area contributed by atoms with Crippen molar-refractivity contribution in [3.05, 3.63) is 87.3 Å². The predicted octanol–water partition coefficient (Wildman–Crippen LogP) is 4.69. The Morgan fingerprint density at radius 3 is 2.62 bits per heavy atom. The molecule has 2 aromatic carbocycles. The molecule has 3 aromatic rings. The number of allylic oxidation sites excluding steroid dienone is 1. The Kier molecular flexibility index (Phi) is 6.23. The predicted molar refractivity (Wildman–Crippen MR) is 126 cm³/mol. The largest absolute Gasteiger partial charge is 0.489 e. The minimum Gasteiger partial charge on any atom is -0.489 e. The van der Waals surface area contributed by atoms with Crippen LogP contribution < -0.4 is 15.8 Å². The van der Waals surface area contributed by atoms with Crippen molar-refractivity contribution in [2.24, 2.45) is 0 Å². The third kappa shape index (κ3) is 4.22. The van der Waals surface area contributed by atoms with Gasteiger partial charge in [-0.2, -0.15) is 0 Å². The number of H-pyrrole nitrogens is 1. The van der Waals surface area contributed by atoms with Gasteiger partial charge in [-0.1, -0.05) is 48.5 Å². The van der Waals surface area contributed by atoms with Gasteiger partial charge in [0, 0.05) is 16.8 Å². The third-order valence-corrected chi connectivity index (χ3v) is 5.44. The first-order chi connectivity index (χ1) is 15.5. The number of hydrogen-bond acceptors (Lipinski definition) is 7. The van der Waals surface area contributed by atoms with Crippen molar-refractivity contribution in [2.75, 3.05) is 17.7 Å². The first-order valence-electron chi connectivity index (χ1n) is 10.3. The van der Waals surface area contributed by atoms with E-state index in [9.17, 15) is 4.79 Å². The number of hydrogen-bond donors (Lipinski definition) is 3. The van der Waals surface area contributed by atoms with Crippen molar-refractivity contribution in [1.29, 1.82) is 0 Å². The van der Waals surface area contributed by atoms with E-state index in [1.165, 1.54) is 0 Å². The molecule has 1 aromatic heterocycles. The van der Waals surface area contributed by atoms with Crippen LogP contribution >= 0.6 is 12.2 Å². The van der Waals surface area contributed by atoms with E-state index in [-0.39, 0.29) is 11.4 Å². The summed E-state index contributed by atoms with van der Waals surface area (Å²) in [6.45, 7) is 4.23. The number of para-hydroxylation sites is 1. The average Bonchev–Trinajstić information content (AvgIpc) is 2.77. The van der Waals surface area contributed by atoms with Crippen LogP contribution in [0, 0.1) is 4.77 Å². The molecule has 1 aliphatic rings. The summed E-state index contributed by atoms with van der Waals surface area (Å²) in [6.07, 6.45) is 0. The van der Waals surface area contributed by atoms with E-state index in [4.69, 9.17) is 27.4 Å². The Hall–Kier alpha value is -3.65. The molecule has 4 rings (SSSR count). The number of fused-ring (bicyclic) bond motifs is 1. The molecule has 7 nitrogen and oxygen atoms in total. The van der Waals surface area contributed by atoms with Gasteiger partial charge in [-0.05, 0) is 37.7 Å². The van der Waals surface area contributed by atoms with Crippen LogP contribution in [0.25, 0.3) is 0 Å². The van der Waals surface area contributed by atoms with Gasteiger partial charge in [0.2, 0.25) is 0 Å². The van der Waals surface area contributed by atoms with Crippen LogP contribution in [-0.2, 0) is 16.1 Å². The molecule has 0 amide bonds. The molecule has 0 saturated carbocycles. The number of esters is 1. The molecular formula is C24H24N4O3S. The number of nitrogens with one attached hydrogen (secondary N) is 2. The molecule has 1 unspecified atom stereocenters. The summed E-state index contributed by atoms with van der Waals surface area (Å²) in [6, 6.07) is 17.5. The van der Waals surface area contributed by atoms with E-state index < -0.39 is 11.9 Å². The molecule has 0 fully saturated rings. The first-order valence-corrected chi connectivity index (χ1v) is 10.7. The third-order valence-electron chi connectivity index (χ3n) is 5.25. The van der Waals surface area contributed by atoms with Gasteiger partial charge in [0.05, 0.1) is 18.1 Å². The van der Waals surface area contributed by atoms with Crippen molar-refractivity contribution >= 4 is 29.8 Å². The van der Waals surface area contributed by atoms with Crippen LogP contribution in [-0.4, -0.2) is 22.5 Å². The number of rotatable bonds is 6. The zero-order valence-corrected chi connectivity index (χ0v) is 18.7. The number of carbonyl (C=O) groups excluding carboxylic acids is 1. The number of nitrogens with two attached hydrogens (primary N) is 1. The summed E-state index contributed by atoms with van der Waals surface area (Å²) in [5, 5.41) is 3.17. The lowest BCUT2D eigenvalue weighted by Crippen LogP contribution is -2.27. The Bertz CT molecular complexity index is 1240. The number of aromatic nitrogens is 2. The zero-order valence-electron chi connectivity index (χ0n) is 17.8. The van der Waals surface area contributed by atoms with E-state index in [0.29, 0.717) is 40.8 Å². The van der Waals surface area contributed by atoms with Crippen LogP contribution in [0.3, 0.4) is 0 Å². The number of nitrogen functional groups attached to an aromatic ring is 1. The van der Waals surface area contributed by atoms with Crippen LogP contribution in [0.4, 0.5) is 11.6 Å². The van der Waals surface area contributed by atoms with Crippen LogP contribution in [0.1, 0.15) is 36.5 Å². The minimum atomic E-state index is -0.545. The molecule has 1 aliphatic heterocycles. The summed E-state index contributed by atoms with van der Waals surface area (Å²) in [4.78, 5) is 20.3. The van der Waals surface area contributed by atoms with Crippen molar-refractivity contribution in [2.45, 2.75) is 26.4 Å². The topological polar surface area (TPSA) is 102 Å². The Morgan fingerprint density at radius 2 is 1.88 bits per heavy atom. The van der Waals surface area contributed by atoms with Crippen molar-refractivity contribution < 1.29 is 14.3 Å². The molecule has 0 saturated heterocycles. The lowest BCUT2D eigenvalue weighted by molar-refractivity contribution is -0.138. The van der Waals surface area contributed by atoms with E-state index in [2.05, 4.69) is 15.3 Å². The van der Waals surface area contributed by atoms with Gasteiger partial charge in [-0.3, -0.25) is 0 Å². The second-order valence-corrected chi connectivity index (χ2v) is 7.73.